The summed E-state index contributed by atoms with van der Waals surface area (Å²) in [5, 5.41) is 2.98. The van der Waals surface area contributed by atoms with Gasteiger partial charge in [0.1, 0.15) is 12.1 Å². The molecule has 1 fully saturated rings. The number of benzene rings is 1. The monoisotopic (exact) mass is 414 g/mol. The molecule has 0 aliphatic carbocycles. The Balaban J connectivity index is 1.70. The Labute approximate surface area is 161 Å². The average Bonchev–Trinajstić information content (AvgIpc) is 2.68. The third-order valence-electron chi connectivity index (χ3n) is 4.73. The minimum atomic E-state index is -5.41. The van der Waals surface area contributed by atoms with E-state index in [2.05, 4.69) is 20.2 Å². The summed E-state index contributed by atoms with van der Waals surface area (Å²) in [6, 6.07) is 6.94. The number of aryl methyl sites for hydroxylation is 1. The first-order valence-corrected chi connectivity index (χ1v) is 10.4. The highest BCUT2D eigenvalue weighted by Crippen LogP contribution is 2.35. The Hall–Kier alpha value is -2.36. The lowest BCUT2D eigenvalue weighted by atomic mass is 10.0. The van der Waals surface area contributed by atoms with Crippen LogP contribution in [0, 0.1) is 0 Å². The fourth-order valence-electron chi connectivity index (χ4n) is 3.17. The highest BCUT2D eigenvalue weighted by Gasteiger charge is 2.48. The molecule has 0 spiro atoms. The van der Waals surface area contributed by atoms with Crippen molar-refractivity contribution in [1.82, 2.24) is 9.97 Å². The van der Waals surface area contributed by atoms with Crippen molar-refractivity contribution in [2.75, 3.05) is 23.3 Å². The van der Waals surface area contributed by atoms with Crippen LogP contribution in [0.5, 0.6) is 0 Å². The largest absolute Gasteiger partial charge is 0.501 e. The van der Waals surface area contributed by atoms with Gasteiger partial charge in [0.05, 0.1) is 10.6 Å². The smallest absolute Gasteiger partial charge is 0.381 e. The van der Waals surface area contributed by atoms with E-state index < -0.39 is 20.2 Å². The van der Waals surface area contributed by atoms with Gasteiger partial charge in [0.2, 0.25) is 0 Å². The molecular weight excluding hydrogens is 393 g/mol. The van der Waals surface area contributed by atoms with E-state index in [1.165, 1.54) is 24.5 Å². The second kappa shape index (κ2) is 7.94. The number of anilines is 2. The van der Waals surface area contributed by atoms with E-state index in [1.54, 1.807) is 0 Å². The third kappa shape index (κ3) is 4.21. The van der Waals surface area contributed by atoms with Gasteiger partial charge < -0.3 is 10.2 Å². The maximum Gasteiger partial charge on any atom is 0.501 e. The normalized spacial score (nSPS) is 16.2. The molecular formula is C18H21F3N4O2S. The number of alkyl halides is 3. The molecule has 1 aromatic heterocycles. The zero-order valence-electron chi connectivity index (χ0n) is 15.3. The molecule has 0 bridgehead atoms. The topological polar surface area (TPSA) is 75.2 Å². The predicted molar refractivity (Wildman–Crippen MR) is 100.0 cm³/mol. The number of aromatic nitrogens is 2. The summed E-state index contributed by atoms with van der Waals surface area (Å²) in [5.41, 5.74) is -4.41. The maximum absolute atomic E-state index is 12.9. The molecule has 1 aliphatic heterocycles. The molecule has 28 heavy (non-hydrogen) atoms. The van der Waals surface area contributed by atoms with Gasteiger partial charge in [0, 0.05) is 30.9 Å². The molecule has 0 radical (unpaired) electrons. The van der Waals surface area contributed by atoms with Crippen LogP contribution in [0.1, 0.15) is 25.5 Å². The van der Waals surface area contributed by atoms with Crippen LogP contribution in [0.25, 0.3) is 0 Å². The summed E-state index contributed by atoms with van der Waals surface area (Å²) in [5.74, 6) is 0.824. The second-order valence-electron chi connectivity index (χ2n) is 6.57. The Kier molecular flexibility index (Phi) is 5.78. The number of sulfone groups is 1. The quantitative estimate of drug-likeness (QED) is 0.808. The van der Waals surface area contributed by atoms with Gasteiger partial charge in [-0.1, -0.05) is 19.1 Å². The van der Waals surface area contributed by atoms with Gasteiger partial charge >= 0.3 is 5.51 Å². The summed E-state index contributed by atoms with van der Waals surface area (Å²) < 4.78 is 62.5. The van der Waals surface area contributed by atoms with Crippen molar-refractivity contribution in [3.8, 4) is 0 Å². The number of para-hydroxylation sites is 1. The van der Waals surface area contributed by atoms with Crippen molar-refractivity contribution >= 4 is 21.3 Å². The average molecular weight is 414 g/mol. The lowest BCUT2D eigenvalue weighted by Crippen LogP contribution is -2.40. The molecule has 3 rings (SSSR count). The minimum Gasteiger partial charge on any atom is -0.381 e. The Morgan fingerprint density at radius 1 is 1.18 bits per heavy atom. The molecule has 10 heteroatoms. The number of hydrogen-bond acceptors (Lipinski definition) is 6. The molecule has 1 aliphatic rings. The number of nitrogens with zero attached hydrogens (tertiary/aromatic N) is 3. The van der Waals surface area contributed by atoms with E-state index in [0.717, 1.165) is 24.0 Å². The van der Waals surface area contributed by atoms with Gasteiger partial charge in [0.25, 0.3) is 9.84 Å². The lowest BCUT2D eigenvalue weighted by Gasteiger charge is -2.34. The van der Waals surface area contributed by atoms with Gasteiger partial charge in [-0.2, -0.15) is 13.2 Å². The van der Waals surface area contributed by atoms with Crippen LogP contribution in [0.4, 0.5) is 24.7 Å². The van der Waals surface area contributed by atoms with Crippen LogP contribution in [0.15, 0.2) is 41.6 Å². The van der Waals surface area contributed by atoms with Gasteiger partial charge in [-0.15, -0.1) is 0 Å². The second-order valence-corrected chi connectivity index (χ2v) is 8.48. The number of rotatable bonds is 5. The molecule has 1 aromatic carbocycles. The van der Waals surface area contributed by atoms with Crippen molar-refractivity contribution in [2.24, 2.45) is 0 Å². The van der Waals surface area contributed by atoms with Crippen LogP contribution in [-0.4, -0.2) is 43.0 Å². The van der Waals surface area contributed by atoms with Gasteiger partial charge in [-0.3, -0.25) is 0 Å². The van der Waals surface area contributed by atoms with Crippen molar-refractivity contribution in [3.05, 3.63) is 42.4 Å². The van der Waals surface area contributed by atoms with Crippen LogP contribution >= 0.6 is 0 Å². The van der Waals surface area contributed by atoms with Gasteiger partial charge in [-0.25, -0.2) is 18.4 Å². The van der Waals surface area contributed by atoms with Crippen molar-refractivity contribution < 1.29 is 21.6 Å². The summed E-state index contributed by atoms with van der Waals surface area (Å²) in [6.07, 6.45) is 3.62. The SMILES string of the molecule is CCc1cc(N2CCC(Nc3ccccc3S(=O)(=O)C(F)(F)F)CC2)ncn1. The van der Waals surface area contributed by atoms with E-state index >= 15 is 0 Å². The lowest BCUT2D eigenvalue weighted by molar-refractivity contribution is -0.0435. The zero-order chi connectivity index (χ0) is 20.4. The fraction of sp³-hybridized carbons (Fsp3) is 0.444. The molecule has 0 saturated carbocycles. The van der Waals surface area contributed by atoms with E-state index in [1.807, 2.05) is 13.0 Å². The number of piperidine rings is 1. The van der Waals surface area contributed by atoms with E-state index in [4.69, 9.17) is 0 Å². The Morgan fingerprint density at radius 3 is 2.50 bits per heavy atom. The number of hydrogen-bond donors (Lipinski definition) is 1. The fourth-order valence-corrected chi connectivity index (χ4v) is 4.09. The van der Waals surface area contributed by atoms with Gasteiger partial charge in [0.15, 0.2) is 0 Å². The minimum absolute atomic E-state index is 0.0198. The van der Waals surface area contributed by atoms with Crippen LogP contribution in [0.2, 0.25) is 0 Å². The molecule has 1 saturated heterocycles. The molecule has 0 amide bonds. The highest BCUT2D eigenvalue weighted by molar-refractivity contribution is 7.92. The zero-order valence-corrected chi connectivity index (χ0v) is 16.1. The summed E-state index contributed by atoms with van der Waals surface area (Å²) in [6.45, 7) is 3.33. The summed E-state index contributed by atoms with van der Waals surface area (Å²) >= 11 is 0. The van der Waals surface area contributed by atoms with Crippen LogP contribution in [0.3, 0.4) is 0 Å². The van der Waals surface area contributed by atoms with Gasteiger partial charge in [-0.05, 0) is 31.4 Å². The summed E-state index contributed by atoms with van der Waals surface area (Å²) in [4.78, 5) is 9.81. The molecule has 1 N–H and O–H groups in total. The highest BCUT2D eigenvalue weighted by atomic mass is 32.2. The first-order chi connectivity index (χ1) is 13.2. The first-order valence-electron chi connectivity index (χ1n) is 8.95. The molecule has 152 valence electrons. The number of nitrogens with one attached hydrogen (secondary N) is 1. The molecule has 0 atom stereocenters. The maximum atomic E-state index is 12.9. The molecule has 6 nitrogen and oxygen atoms in total. The predicted octanol–water partition coefficient (Wildman–Crippen LogP) is 3.41. The van der Waals surface area contributed by atoms with Crippen molar-refractivity contribution in [1.29, 1.82) is 0 Å². The molecule has 0 unspecified atom stereocenters. The van der Waals surface area contributed by atoms with Crippen LogP contribution in [-0.2, 0) is 16.3 Å². The molecule has 2 heterocycles. The number of halogens is 3. The van der Waals surface area contributed by atoms with Crippen LogP contribution < -0.4 is 10.2 Å². The van der Waals surface area contributed by atoms with Crippen molar-refractivity contribution in [3.63, 3.8) is 0 Å². The van der Waals surface area contributed by atoms with E-state index in [-0.39, 0.29) is 11.7 Å². The van der Waals surface area contributed by atoms with Crippen molar-refractivity contribution in [2.45, 2.75) is 42.6 Å². The van der Waals surface area contributed by atoms with E-state index in [9.17, 15) is 21.6 Å². The third-order valence-corrected chi connectivity index (χ3v) is 6.28. The van der Waals surface area contributed by atoms with E-state index in [0.29, 0.717) is 25.9 Å². The summed E-state index contributed by atoms with van der Waals surface area (Å²) in [7, 11) is -5.41. The first kappa shape index (κ1) is 20.4. The Bertz CT molecular complexity index is 926. The Morgan fingerprint density at radius 2 is 1.86 bits per heavy atom. The molecule has 2 aromatic rings. The standard InChI is InChI=1S/C18H21F3N4O2S/c1-2-13-11-17(23-12-22-13)25-9-7-14(8-10-25)24-15-5-3-4-6-16(15)28(26,27)18(19,20)21/h3-6,11-12,14,24H,2,7-10H2,1H3.